The van der Waals surface area contributed by atoms with Gasteiger partial charge in [-0.2, -0.15) is 4.98 Å². The zero-order valence-electron chi connectivity index (χ0n) is 12.0. The number of rotatable bonds is 4. The van der Waals surface area contributed by atoms with Gasteiger partial charge < -0.3 is 4.52 Å². The average molecular weight is 394 g/mol. The molecule has 1 heterocycles. The van der Waals surface area contributed by atoms with Gasteiger partial charge in [0, 0.05) is 15.7 Å². The molecule has 0 unspecified atom stereocenters. The fraction of sp³-hybridized carbons (Fsp3) is 0.0667. The Morgan fingerprint density at radius 2 is 1.87 bits per heavy atom. The lowest BCUT2D eigenvalue weighted by molar-refractivity contribution is 0.425. The van der Waals surface area contributed by atoms with Gasteiger partial charge in [0.05, 0.1) is 4.90 Å². The second-order valence-electron chi connectivity index (χ2n) is 4.79. The maximum atomic E-state index is 12.4. The van der Waals surface area contributed by atoms with E-state index in [1.165, 1.54) is 12.1 Å². The molecular weight excluding hydrogens is 382 g/mol. The maximum absolute atomic E-state index is 12.4. The first-order chi connectivity index (χ1) is 10.9. The van der Waals surface area contributed by atoms with Crippen molar-refractivity contribution in [1.29, 1.82) is 0 Å². The number of sulfonamides is 1. The van der Waals surface area contributed by atoms with Gasteiger partial charge in [-0.05, 0) is 49.4 Å². The first kappa shape index (κ1) is 15.7. The Labute approximate surface area is 141 Å². The molecule has 8 heteroatoms. The molecule has 0 bridgehead atoms. The normalized spacial score (nSPS) is 11.4. The minimum Gasteiger partial charge on any atom is -0.334 e. The summed E-state index contributed by atoms with van der Waals surface area (Å²) in [5.41, 5.74) is 1.06. The van der Waals surface area contributed by atoms with Crippen LogP contribution in [0.15, 0.2) is 62.4 Å². The van der Waals surface area contributed by atoms with Crippen LogP contribution in [0.5, 0.6) is 0 Å². The lowest BCUT2D eigenvalue weighted by Crippen LogP contribution is -2.12. The van der Waals surface area contributed by atoms with E-state index in [4.69, 9.17) is 4.52 Å². The Morgan fingerprint density at radius 3 is 2.52 bits per heavy atom. The Balaban J connectivity index is 1.89. The van der Waals surface area contributed by atoms with E-state index in [-0.39, 0.29) is 4.90 Å². The van der Waals surface area contributed by atoms with E-state index in [2.05, 4.69) is 30.8 Å². The van der Waals surface area contributed by atoms with E-state index < -0.39 is 10.0 Å². The highest BCUT2D eigenvalue weighted by atomic mass is 79.9. The molecule has 0 aliphatic heterocycles. The van der Waals surface area contributed by atoms with E-state index >= 15 is 0 Å². The number of hydrogen-bond acceptors (Lipinski definition) is 5. The topological polar surface area (TPSA) is 85.1 Å². The SMILES string of the molecule is Cc1noc(-c2cccc(NS(=O)(=O)c3ccc(Br)cc3)c2)n1. The molecule has 0 saturated heterocycles. The Morgan fingerprint density at radius 1 is 1.13 bits per heavy atom. The number of hydrogen-bond donors (Lipinski definition) is 1. The van der Waals surface area contributed by atoms with Gasteiger partial charge in [0.25, 0.3) is 15.9 Å². The zero-order chi connectivity index (χ0) is 16.4. The Kier molecular flexibility index (Phi) is 4.18. The minimum absolute atomic E-state index is 0.180. The van der Waals surface area contributed by atoms with Crippen LogP contribution < -0.4 is 4.72 Å². The van der Waals surface area contributed by atoms with Crippen LogP contribution in [0.4, 0.5) is 5.69 Å². The zero-order valence-corrected chi connectivity index (χ0v) is 14.4. The van der Waals surface area contributed by atoms with E-state index in [0.717, 1.165) is 4.47 Å². The summed E-state index contributed by atoms with van der Waals surface area (Å²) < 4.78 is 33.2. The molecule has 3 rings (SSSR count). The molecule has 23 heavy (non-hydrogen) atoms. The Bertz CT molecular complexity index is 937. The number of nitrogens with one attached hydrogen (secondary N) is 1. The van der Waals surface area contributed by atoms with Crippen molar-refractivity contribution in [2.45, 2.75) is 11.8 Å². The molecule has 0 aliphatic carbocycles. The number of aromatic nitrogens is 2. The van der Waals surface area contributed by atoms with Crippen molar-refractivity contribution in [3.05, 3.63) is 58.8 Å². The molecular formula is C15H12BrN3O3S. The van der Waals surface area contributed by atoms with Gasteiger partial charge in [-0.3, -0.25) is 4.72 Å². The van der Waals surface area contributed by atoms with Gasteiger partial charge in [0.2, 0.25) is 0 Å². The van der Waals surface area contributed by atoms with Crippen molar-refractivity contribution in [3.8, 4) is 11.5 Å². The van der Waals surface area contributed by atoms with Crippen molar-refractivity contribution < 1.29 is 12.9 Å². The third-order valence-corrected chi connectivity index (χ3v) is 4.94. The van der Waals surface area contributed by atoms with Crippen molar-refractivity contribution in [2.24, 2.45) is 0 Å². The third-order valence-electron chi connectivity index (χ3n) is 3.01. The molecule has 0 saturated carbocycles. The molecule has 0 amide bonds. The summed E-state index contributed by atoms with van der Waals surface area (Å²) in [4.78, 5) is 4.31. The van der Waals surface area contributed by atoms with Crippen molar-refractivity contribution in [3.63, 3.8) is 0 Å². The van der Waals surface area contributed by atoms with Gasteiger partial charge in [0.15, 0.2) is 5.82 Å². The lowest BCUT2D eigenvalue weighted by atomic mass is 10.2. The molecule has 2 aromatic carbocycles. The van der Waals surface area contributed by atoms with Crippen LogP contribution in [0.2, 0.25) is 0 Å². The van der Waals surface area contributed by atoms with Crippen molar-refractivity contribution in [1.82, 2.24) is 10.1 Å². The van der Waals surface area contributed by atoms with Crippen molar-refractivity contribution >= 4 is 31.6 Å². The van der Waals surface area contributed by atoms with Crippen LogP contribution in [0.25, 0.3) is 11.5 Å². The summed E-state index contributed by atoms with van der Waals surface area (Å²) >= 11 is 3.28. The molecule has 0 fully saturated rings. The number of nitrogens with zero attached hydrogens (tertiary/aromatic N) is 2. The van der Waals surface area contributed by atoms with E-state index in [9.17, 15) is 8.42 Å². The summed E-state index contributed by atoms with van der Waals surface area (Å²) in [6.07, 6.45) is 0. The van der Waals surface area contributed by atoms with Gasteiger partial charge in [-0.15, -0.1) is 0 Å². The van der Waals surface area contributed by atoms with Gasteiger partial charge in [-0.25, -0.2) is 8.42 Å². The monoisotopic (exact) mass is 393 g/mol. The molecule has 3 aromatic rings. The second-order valence-corrected chi connectivity index (χ2v) is 7.39. The van der Waals surface area contributed by atoms with Gasteiger partial charge in [-0.1, -0.05) is 27.2 Å². The van der Waals surface area contributed by atoms with Crippen LogP contribution in [0.3, 0.4) is 0 Å². The first-order valence-corrected chi connectivity index (χ1v) is 8.91. The largest absolute Gasteiger partial charge is 0.334 e. The van der Waals surface area contributed by atoms with Crippen LogP contribution in [0, 0.1) is 6.92 Å². The molecule has 1 N–H and O–H groups in total. The molecule has 0 spiro atoms. The summed E-state index contributed by atoms with van der Waals surface area (Å²) in [6, 6.07) is 13.2. The van der Waals surface area contributed by atoms with Gasteiger partial charge in [0.1, 0.15) is 0 Å². The highest BCUT2D eigenvalue weighted by Crippen LogP contribution is 2.23. The number of halogens is 1. The Hall–Kier alpha value is -2.19. The molecule has 0 atom stereocenters. The van der Waals surface area contributed by atoms with E-state index in [1.54, 1.807) is 43.3 Å². The maximum Gasteiger partial charge on any atom is 0.261 e. The van der Waals surface area contributed by atoms with Crippen LogP contribution in [-0.2, 0) is 10.0 Å². The summed E-state index contributed by atoms with van der Waals surface area (Å²) in [5.74, 6) is 0.855. The second kappa shape index (κ2) is 6.13. The fourth-order valence-electron chi connectivity index (χ4n) is 1.96. The van der Waals surface area contributed by atoms with Crippen LogP contribution in [-0.4, -0.2) is 18.6 Å². The quantitative estimate of drug-likeness (QED) is 0.731. The number of benzene rings is 2. The third kappa shape index (κ3) is 3.59. The molecule has 118 valence electrons. The first-order valence-electron chi connectivity index (χ1n) is 6.63. The van der Waals surface area contributed by atoms with E-state index in [0.29, 0.717) is 23.0 Å². The minimum atomic E-state index is -3.66. The van der Waals surface area contributed by atoms with Gasteiger partial charge >= 0.3 is 0 Å². The van der Waals surface area contributed by atoms with E-state index in [1.807, 2.05) is 0 Å². The standard InChI is InChI=1S/C15H12BrN3O3S/c1-10-17-15(22-18-10)11-3-2-4-13(9-11)19-23(20,21)14-7-5-12(16)6-8-14/h2-9,19H,1H3. The smallest absolute Gasteiger partial charge is 0.261 e. The molecule has 0 radical (unpaired) electrons. The highest BCUT2D eigenvalue weighted by Gasteiger charge is 2.15. The molecule has 0 aliphatic rings. The predicted octanol–water partition coefficient (Wildman–Crippen LogP) is 3.61. The van der Waals surface area contributed by atoms with Crippen LogP contribution in [0.1, 0.15) is 5.82 Å². The fourth-order valence-corrected chi connectivity index (χ4v) is 3.27. The summed E-state index contributed by atoms with van der Waals surface area (Å²) in [5, 5.41) is 3.72. The van der Waals surface area contributed by atoms with Crippen molar-refractivity contribution in [2.75, 3.05) is 4.72 Å². The number of aryl methyl sites for hydroxylation is 1. The number of anilines is 1. The molecule has 6 nitrogen and oxygen atoms in total. The average Bonchev–Trinajstić information content (AvgIpc) is 2.94. The van der Waals surface area contributed by atoms with Crippen LogP contribution >= 0.6 is 15.9 Å². The summed E-state index contributed by atoms with van der Waals surface area (Å²) in [6.45, 7) is 1.72. The molecule has 1 aromatic heterocycles. The summed E-state index contributed by atoms with van der Waals surface area (Å²) in [7, 11) is -3.66. The lowest BCUT2D eigenvalue weighted by Gasteiger charge is -2.08. The predicted molar refractivity (Wildman–Crippen MR) is 89.4 cm³/mol. The highest BCUT2D eigenvalue weighted by molar-refractivity contribution is 9.10.